The Kier molecular flexibility index (Phi) is 5.17. The van der Waals surface area contributed by atoms with E-state index in [4.69, 9.17) is 10.1 Å². The van der Waals surface area contributed by atoms with Gasteiger partial charge >= 0.3 is 0 Å². The zero-order chi connectivity index (χ0) is 22.4. The summed E-state index contributed by atoms with van der Waals surface area (Å²) in [6.45, 7) is 2.77. The summed E-state index contributed by atoms with van der Waals surface area (Å²) < 4.78 is 1.82. The maximum Gasteiger partial charge on any atom is 0.246 e. The second-order valence-corrected chi connectivity index (χ2v) is 9.67. The highest BCUT2D eigenvalue weighted by molar-refractivity contribution is 5.86. The molecule has 0 radical (unpaired) electrons. The normalized spacial score (nSPS) is 23.8. The lowest BCUT2D eigenvalue weighted by atomic mass is 10.1. The van der Waals surface area contributed by atoms with Gasteiger partial charge in [-0.05, 0) is 64.3 Å². The number of fused-ring (bicyclic) bond motifs is 1. The first-order valence-electron chi connectivity index (χ1n) is 12.1. The molecule has 33 heavy (non-hydrogen) atoms. The van der Waals surface area contributed by atoms with Crippen LogP contribution in [0.4, 0.5) is 17.6 Å². The van der Waals surface area contributed by atoms with Crippen molar-refractivity contribution in [1.82, 2.24) is 35.0 Å². The molecule has 174 valence electrons. The Bertz CT molecular complexity index is 1150. The summed E-state index contributed by atoms with van der Waals surface area (Å²) in [5.41, 5.74) is 2.04. The van der Waals surface area contributed by atoms with Gasteiger partial charge in [-0.25, -0.2) is 4.52 Å². The van der Waals surface area contributed by atoms with Gasteiger partial charge in [-0.3, -0.25) is 9.89 Å². The average Bonchev–Trinajstić information content (AvgIpc) is 3.19. The molecule has 3 aromatic heterocycles. The van der Waals surface area contributed by atoms with Crippen LogP contribution in [-0.2, 0) is 4.79 Å². The Morgan fingerprint density at radius 3 is 2.91 bits per heavy atom. The van der Waals surface area contributed by atoms with Crippen molar-refractivity contribution in [3.05, 3.63) is 30.1 Å². The third kappa shape index (κ3) is 4.15. The molecular weight excluding hydrogens is 418 g/mol. The second kappa shape index (κ2) is 8.33. The number of likely N-dealkylation sites (N-methyl/N-ethyl adjacent to an activating group) is 1. The van der Waals surface area contributed by atoms with Crippen molar-refractivity contribution in [2.75, 3.05) is 36.9 Å². The SMILES string of the molecule is CN1CCCC(NC(=O)[C@@H]2CCCN2c2nc(Nc3cc(C4CC4)[nH]n3)c3cccn3n2)C1. The number of anilines is 3. The number of amides is 1. The van der Waals surface area contributed by atoms with Crippen LogP contribution in [0.25, 0.3) is 5.52 Å². The van der Waals surface area contributed by atoms with Crippen LogP contribution in [0.2, 0.25) is 0 Å². The van der Waals surface area contributed by atoms with E-state index >= 15 is 0 Å². The molecule has 0 aromatic carbocycles. The van der Waals surface area contributed by atoms with E-state index in [1.54, 1.807) is 0 Å². The van der Waals surface area contributed by atoms with Crippen LogP contribution < -0.4 is 15.5 Å². The summed E-state index contributed by atoms with van der Waals surface area (Å²) in [6, 6.07) is 5.96. The maximum atomic E-state index is 13.2. The number of nitrogens with one attached hydrogen (secondary N) is 3. The van der Waals surface area contributed by atoms with Gasteiger partial charge < -0.3 is 20.4 Å². The summed E-state index contributed by atoms with van der Waals surface area (Å²) in [5, 5.41) is 18.9. The molecule has 2 aliphatic heterocycles. The summed E-state index contributed by atoms with van der Waals surface area (Å²) in [5.74, 6) is 2.70. The Balaban J connectivity index is 1.24. The Hall–Kier alpha value is -3.14. The molecule has 1 aliphatic carbocycles. The fraction of sp³-hybridized carbons (Fsp3) is 0.565. The molecule has 3 fully saturated rings. The summed E-state index contributed by atoms with van der Waals surface area (Å²) in [4.78, 5) is 22.4. The fourth-order valence-corrected chi connectivity index (χ4v) is 5.12. The van der Waals surface area contributed by atoms with Crippen LogP contribution in [0.3, 0.4) is 0 Å². The van der Waals surface area contributed by atoms with Crippen LogP contribution in [0, 0.1) is 0 Å². The van der Waals surface area contributed by atoms with Gasteiger partial charge in [0.05, 0.1) is 0 Å². The number of aromatic amines is 1. The standard InChI is InChI=1S/C23H31N9O/c1-30-10-2-5-16(14-30)24-22(33)19-7-3-11-31(19)23-26-21(18-6-4-12-32(18)29-23)25-20-13-17(27-28-20)15-8-9-15/h4,6,12-13,15-16,19H,2-3,5,7-11,14H2,1H3,(H,24,33)(H2,25,26,27,28,29)/t16?,19-/m0/s1. The number of likely N-dealkylation sites (tertiary alicyclic amines) is 1. The molecule has 0 bridgehead atoms. The number of aromatic nitrogens is 5. The molecular formula is C23H31N9O. The van der Waals surface area contributed by atoms with Gasteiger partial charge in [0.15, 0.2) is 11.6 Å². The Labute approximate surface area is 192 Å². The zero-order valence-electron chi connectivity index (χ0n) is 19.0. The first-order chi connectivity index (χ1) is 16.1. The molecule has 2 saturated heterocycles. The summed E-state index contributed by atoms with van der Waals surface area (Å²) in [7, 11) is 2.11. The van der Waals surface area contributed by atoms with E-state index in [0.717, 1.165) is 56.7 Å². The largest absolute Gasteiger partial charge is 0.350 e. The fourth-order valence-electron chi connectivity index (χ4n) is 5.12. The highest BCUT2D eigenvalue weighted by Gasteiger charge is 2.34. The van der Waals surface area contributed by atoms with E-state index in [1.807, 2.05) is 27.7 Å². The van der Waals surface area contributed by atoms with Gasteiger partial charge in [-0.15, -0.1) is 5.10 Å². The number of carbonyl (C=O) groups is 1. The summed E-state index contributed by atoms with van der Waals surface area (Å²) in [6.07, 6.45) is 8.27. The number of rotatable bonds is 6. The van der Waals surface area contributed by atoms with E-state index < -0.39 is 0 Å². The third-order valence-electron chi connectivity index (χ3n) is 7.02. The molecule has 1 saturated carbocycles. The molecule has 10 nitrogen and oxygen atoms in total. The monoisotopic (exact) mass is 449 g/mol. The lowest BCUT2D eigenvalue weighted by Gasteiger charge is -2.32. The first kappa shape index (κ1) is 20.5. The van der Waals surface area contributed by atoms with Crippen LogP contribution in [0.5, 0.6) is 0 Å². The van der Waals surface area contributed by atoms with E-state index in [1.165, 1.54) is 18.5 Å². The predicted octanol–water partition coefficient (Wildman–Crippen LogP) is 2.25. The minimum Gasteiger partial charge on any atom is -0.350 e. The lowest BCUT2D eigenvalue weighted by molar-refractivity contribution is -0.123. The van der Waals surface area contributed by atoms with Crippen molar-refractivity contribution >= 4 is 29.0 Å². The zero-order valence-corrected chi connectivity index (χ0v) is 19.0. The second-order valence-electron chi connectivity index (χ2n) is 9.67. The molecule has 0 spiro atoms. The van der Waals surface area contributed by atoms with Gasteiger partial charge in [0.25, 0.3) is 0 Å². The number of piperidine rings is 1. The highest BCUT2D eigenvalue weighted by atomic mass is 16.2. The van der Waals surface area contributed by atoms with Crippen molar-refractivity contribution in [2.24, 2.45) is 0 Å². The predicted molar refractivity (Wildman–Crippen MR) is 126 cm³/mol. The molecule has 6 rings (SSSR count). The van der Waals surface area contributed by atoms with Gasteiger partial charge in [0, 0.05) is 43.0 Å². The van der Waals surface area contributed by atoms with E-state index in [2.05, 4.69) is 38.8 Å². The molecule has 3 aromatic rings. The molecule has 3 aliphatic rings. The molecule has 5 heterocycles. The Morgan fingerprint density at radius 1 is 1.18 bits per heavy atom. The van der Waals surface area contributed by atoms with Crippen LogP contribution in [0.15, 0.2) is 24.4 Å². The lowest BCUT2D eigenvalue weighted by Crippen LogP contribution is -2.52. The van der Waals surface area contributed by atoms with Gasteiger partial charge in [0.2, 0.25) is 11.9 Å². The van der Waals surface area contributed by atoms with Crippen LogP contribution in [0.1, 0.15) is 50.1 Å². The minimum atomic E-state index is -0.245. The first-order valence-corrected chi connectivity index (χ1v) is 12.1. The van der Waals surface area contributed by atoms with Crippen molar-refractivity contribution in [1.29, 1.82) is 0 Å². The van der Waals surface area contributed by atoms with Crippen LogP contribution >= 0.6 is 0 Å². The van der Waals surface area contributed by atoms with Crippen molar-refractivity contribution in [3.63, 3.8) is 0 Å². The molecule has 10 heteroatoms. The van der Waals surface area contributed by atoms with Crippen molar-refractivity contribution < 1.29 is 4.79 Å². The Morgan fingerprint density at radius 2 is 2.06 bits per heavy atom. The average molecular weight is 450 g/mol. The molecule has 2 atom stereocenters. The summed E-state index contributed by atoms with van der Waals surface area (Å²) >= 11 is 0. The van der Waals surface area contributed by atoms with Crippen LogP contribution in [-0.4, -0.2) is 74.4 Å². The highest BCUT2D eigenvalue weighted by Crippen LogP contribution is 2.39. The maximum absolute atomic E-state index is 13.2. The smallest absolute Gasteiger partial charge is 0.246 e. The van der Waals surface area contributed by atoms with E-state index in [-0.39, 0.29) is 18.0 Å². The number of H-pyrrole nitrogens is 1. The molecule has 1 amide bonds. The number of nitrogens with zero attached hydrogens (tertiary/aromatic N) is 6. The number of hydrogen-bond acceptors (Lipinski definition) is 7. The minimum absolute atomic E-state index is 0.0832. The third-order valence-corrected chi connectivity index (χ3v) is 7.02. The van der Waals surface area contributed by atoms with Gasteiger partial charge in [-0.2, -0.15) is 10.1 Å². The molecule has 3 N–H and O–H groups in total. The van der Waals surface area contributed by atoms with Gasteiger partial charge in [0.1, 0.15) is 11.6 Å². The van der Waals surface area contributed by atoms with Gasteiger partial charge in [-0.1, -0.05) is 0 Å². The number of hydrogen-bond donors (Lipinski definition) is 3. The van der Waals surface area contributed by atoms with Crippen molar-refractivity contribution in [3.8, 4) is 0 Å². The topological polar surface area (TPSA) is 106 Å². The van der Waals surface area contributed by atoms with E-state index in [9.17, 15) is 4.79 Å². The van der Waals surface area contributed by atoms with Crippen molar-refractivity contribution in [2.45, 2.75) is 56.5 Å². The quantitative estimate of drug-likeness (QED) is 0.530. The molecule has 1 unspecified atom stereocenters. The number of carbonyl (C=O) groups excluding carboxylic acids is 1. The van der Waals surface area contributed by atoms with E-state index in [0.29, 0.717) is 17.7 Å².